The standard InChI is InChI=1S/2C10H9NO.2C6H6ClNO.Fe/c2*11-10-8-4-2-1-3-7(8)5-6-9(10)12;2*7-4-1-2-6(9)5(8)3-4;/h2*1-6,12H,11H2;2*1-3,9H,8H2;. The molecule has 0 bridgehead atoms. The molecule has 6 rings (SSSR count). The Morgan fingerprint density at radius 1 is 0.419 bits per heavy atom. The van der Waals surface area contributed by atoms with Crippen molar-refractivity contribution in [3.8, 4) is 23.0 Å². The van der Waals surface area contributed by atoms with E-state index < -0.39 is 0 Å². The van der Waals surface area contributed by atoms with Gasteiger partial charge in [-0.3, -0.25) is 0 Å². The molecule has 6 aromatic rings. The first-order valence-electron chi connectivity index (χ1n) is 12.4. The van der Waals surface area contributed by atoms with Crippen LogP contribution in [-0.4, -0.2) is 20.4 Å². The molecule has 43 heavy (non-hydrogen) atoms. The second kappa shape index (κ2) is 16.1. The fraction of sp³-hybridized carbons (Fsp3) is 0. The SMILES string of the molecule is Nc1c(O)ccc2ccccc12.Nc1c(O)ccc2ccccc12.Nc1cc(Cl)ccc1O.Nc1cc(Cl)ccc1O.[Fe]. The number of phenols is 4. The van der Waals surface area contributed by atoms with Crippen LogP contribution in [0.2, 0.25) is 10.0 Å². The second-order valence-corrected chi connectivity index (χ2v) is 9.72. The van der Waals surface area contributed by atoms with Gasteiger partial charge in [0.25, 0.3) is 0 Å². The van der Waals surface area contributed by atoms with Gasteiger partial charge in [0.15, 0.2) is 0 Å². The zero-order chi connectivity index (χ0) is 30.8. The first-order valence-corrected chi connectivity index (χ1v) is 13.1. The third-order valence-electron chi connectivity index (χ3n) is 5.87. The van der Waals surface area contributed by atoms with Crippen molar-refractivity contribution in [1.29, 1.82) is 0 Å². The molecule has 0 aromatic heterocycles. The van der Waals surface area contributed by atoms with Crippen LogP contribution in [0.4, 0.5) is 22.7 Å². The van der Waals surface area contributed by atoms with Crippen LogP contribution in [0.1, 0.15) is 0 Å². The van der Waals surface area contributed by atoms with Gasteiger partial charge < -0.3 is 43.4 Å². The number of halogens is 2. The van der Waals surface area contributed by atoms with Crippen LogP contribution in [0, 0.1) is 0 Å². The van der Waals surface area contributed by atoms with Gasteiger partial charge in [-0.15, -0.1) is 0 Å². The fourth-order valence-electron chi connectivity index (χ4n) is 3.62. The average Bonchev–Trinajstić information content (AvgIpc) is 2.98. The van der Waals surface area contributed by atoms with Gasteiger partial charge in [-0.25, -0.2) is 0 Å². The smallest absolute Gasteiger partial charge is 0.139 e. The van der Waals surface area contributed by atoms with Gasteiger partial charge in [0.05, 0.1) is 22.7 Å². The van der Waals surface area contributed by atoms with Crippen LogP contribution in [0.5, 0.6) is 23.0 Å². The molecule has 0 fully saturated rings. The number of nitrogen functional groups attached to an aromatic ring is 4. The third kappa shape index (κ3) is 9.70. The van der Waals surface area contributed by atoms with Crippen molar-refractivity contribution in [3.05, 3.63) is 119 Å². The average molecular weight is 661 g/mol. The van der Waals surface area contributed by atoms with E-state index in [0.29, 0.717) is 32.8 Å². The van der Waals surface area contributed by atoms with Crippen molar-refractivity contribution in [2.75, 3.05) is 22.9 Å². The van der Waals surface area contributed by atoms with E-state index in [-0.39, 0.29) is 40.1 Å². The molecule has 0 heterocycles. The summed E-state index contributed by atoms with van der Waals surface area (Å²) in [5, 5.41) is 41.3. The Morgan fingerprint density at radius 2 is 0.744 bits per heavy atom. The molecule has 0 spiro atoms. The van der Waals surface area contributed by atoms with E-state index in [1.807, 2.05) is 60.7 Å². The maximum atomic E-state index is 9.29. The van der Waals surface area contributed by atoms with Crippen LogP contribution in [0.25, 0.3) is 21.5 Å². The van der Waals surface area contributed by atoms with Crippen LogP contribution in [-0.2, 0) is 17.1 Å². The Labute approximate surface area is 269 Å². The van der Waals surface area contributed by atoms with E-state index in [1.54, 1.807) is 24.3 Å². The number of anilines is 4. The van der Waals surface area contributed by atoms with Crippen molar-refractivity contribution < 1.29 is 37.5 Å². The summed E-state index contributed by atoms with van der Waals surface area (Å²) in [4.78, 5) is 0. The molecule has 11 heteroatoms. The van der Waals surface area contributed by atoms with Crippen LogP contribution in [0.15, 0.2) is 109 Å². The molecule has 0 saturated heterocycles. The van der Waals surface area contributed by atoms with Crippen molar-refractivity contribution in [2.45, 2.75) is 0 Å². The van der Waals surface area contributed by atoms with E-state index >= 15 is 0 Å². The molecule has 224 valence electrons. The molecular formula is C32H30Cl2FeN4O4. The number of fused-ring (bicyclic) bond motifs is 2. The number of aromatic hydroxyl groups is 4. The first-order chi connectivity index (χ1) is 20.0. The van der Waals surface area contributed by atoms with E-state index in [2.05, 4.69) is 0 Å². The molecule has 12 N–H and O–H groups in total. The first kappa shape index (κ1) is 34.5. The predicted octanol–water partition coefficient (Wildman–Crippen LogP) is 7.51. The van der Waals surface area contributed by atoms with Crippen molar-refractivity contribution in [3.63, 3.8) is 0 Å². The van der Waals surface area contributed by atoms with Gasteiger partial charge in [-0.1, -0.05) is 83.9 Å². The number of benzene rings is 6. The zero-order valence-electron chi connectivity index (χ0n) is 22.6. The number of nitrogens with two attached hydrogens (primary N) is 4. The topological polar surface area (TPSA) is 185 Å². The van der Waals surface area contributed by atoms with Gasteiger partial charge in [-0.05, 0) is 59.3 Å². The molecule has 0 aliphatic rings. The van der Waals surface area contributed by atoms with Gasteiger partial charge in [0, 0.05) is 37.9 Å². The van der Waals surface area contributed by atoms with Crippen molar-refractivity contribution in [1.82, 2.24) is 0 Å². The van der Waals surface area contributed by atoms with E-state index in [4.69, 9.17) is 56.3 Å². The summed E-state index contributed by atoms with van der Waals surface area (Å²) in [5.41, 5.74) is 23.4. The largest absolute Gasteiger partial charge is 0.506 e. The minimum atomic E-state index is 0. The summed E-state index contributed by atoms with van der Waals surface area (Å²) in [6.07, 6.45) is 0. The molecule has 0 amide bonds. The minimum Gasteiger partial charge on any atom is -0.506 e. The van der Waals surface area contributed by atoms with E-state index in [9.17, 15) is 10.2 Å². The molecule has 6 aromatic carbocycles. The minimum absolute atomic E-state index is 0. The molecule has 0 saturated carbocycles. The normalized spacial score (nSPS) is 9.72. The summed E-state index contributed by atoms with van der Waals surface area (Å²) in [5.74, 6) is 0.432. The van der Waals surface area contributed by atoms with Gasteiger partial charge in [-0.2, -0.15) is 0 Å². The fourth-order valence-corrected chi connectivity index (χ4v) is 3.98. The van der Waals surface area contributed by atoms with E-state index in [0.717, 1.165) is 21.5 Å². The molecule has 0 aliphatic heterocycles. The molecule has 0 unspecified atom stereocenters. The maximum Gasteiger partial charge on any atom is 0.139 e. The Morgan fingerprint density at radius 3 is 1.07 bits per heavy atom. The molecule has 8 nitrogen and oxygen atoms in total. The Bertz CT molecular complexity index is 1690. The number of phenolic OH excluding ortho intramolecular Hbond substituents is 4. The van der Waals surface area contributed by atoms with Crippen molar-refractivity contribution in [2.24, 2.45) is 0 Å². The van der Waals surface area contributed by atoms with Crippen LogP contribution >= 0.6 is 23.2 Å². The quantitative estimate of drug-likeness (QED) is 0.0467. The van der Waals surface area contributed by atoms with Gasteiger partial charge in [0.2, 0.25) is 0 Å². The van der Waals surface area contributed by atoms with Gasteiger partial charge >= 0.3 is 0 Å². The predicted molar refractivity (Wildman–Crippen MR) is 175 cm³/mol. The van der Waals surface area contributed by atoms with Crippen LogP contribution < -0.4 is 22.9 Å². The van der Waals surface area contributed by atoms with Gasteiger partial charge in [0.1, 0.15) is 23.0 Å². The monoisotopic (exact) mass is 660 g/mol. The summed E-state index contributed by atoms with van der Waals surface area (Å²) in [6, 6.07) is 31.4. The zero-order valence-corrected chi connectivity index (χ0v) is 25.2. The summed E-state index contributed by atoms with van der Waals surface area (Å²) >= 11 is 11.1. The maximum absolute atomic E-state index is 9.29. The summed E-state index contributed by atoms with van der Waals surface area (Å²) in [7, 11) is 0. The Hall–Kier alpha value is -4.66. The Balaban J connectivity index is 0.000000201. The van der Waals surface area contributed by atoms with E-state index in [1.165, 1.54) is 24.3 Å². The van der Waals surface area contributed by atoms with Crippen molar-refractivity contribution >= 4 is 67.5 Å². The second-order valence-electron chi connectivity index (χ2n) is 8.85. The molecule has 0 radical (unpaired) electrons. The Kier molecular flexibility index (Phi) is 12.9. The molecular weight excluding hydrogens is 631 g/mol. The van der Waals surface area contributed by atoms with Crippen LogP contribution in [0.3, 0.4) is 0 Å². The summed E-state index contributed by atoms with van der Waals surface area (Å²) < 4.78 is 0. The summed E-state index contributed by atoms with van der Waals surface area (Å²) in [6.45, 7) is 0. The number of hydrogen-bond acceptors (Lipinski definition) is 8. The third-order valence-corrected chi connectivity index (χ3v) is 6.34. The number of rotatable bonds is 0. The molecule has 0 aliphatic carbocycles. The molecule has 0 atom stereocenters. The number of hydrogen-bond donors (Lipinski definition) is 8.